The molecule has 2 fully saturated rings. The molecular formula is C15H21N3O2. The van der Waals surface area contributed by atoms with Crippen molar-refractivity contribution in [3.63, 3.8) is 0 Å². The number of nitrogens with zero attached hydrogens (tertiary/aromatic N) is 2. The lowest BCUT2D eigenvalue weighted by molar-refractivity contribution is -0.127. The van der Waals surface area contributed by atoms with Gasteiger partial charge in [-0.25, -0.2) is 9.97 Å². The summed E-state index contributed by atoms with van der Waals surface area (Å²) in [7, 11) is 0. The van der Waals surface area contributed by atoms with E-state index >= 15 is 0 Å². The van der Waals surface area contributed by atoms with Crippen LogP contribution in [-0.2, 0) is 9.53 Å². The first-order chi connectivity index (χ1) is 9.65. The summed E-state index contributed by atoms with van der Waals surface area (Å²) in [6.45, 7) is 4.61. The molecule has 0 spiro atoms. The number of rotatable bonds is 3. The number of carbonyl (C=O) groups excluding carboxylic acids is 1. The number of anilines is 1. The molecule has 0 radical (unpaired) electrons. The largest absolute Gasteiger partial charge is 0.378 e. The van der Waals surface area contributed by atoms with Gasteiger partial charge in [0.15, 0.2) is 0 Å². The van der Waals surface area contributed by atoms with Gasteiger partial charge in [0.25, 0.3) is 0 Å². The number of aryl methyl sites for hydroxylation is 1. The first-order valence-electron chi connectivity index (χ1n) is 7.41. The Morgan fingerprint density at radius 3 is 2.90 bits per heavy atom. The van der Waals surface area contributed by atoms with Crippen molar-refractivity contribution >= 4 is 11.6 Å². The molecule has 0 aromatic carbocycles. The second kappa shape index (κ2) is 5.48. The molecular weight excluding hydrogens is 254 g/mol. The fourth-order valence-corrected chi connectivity index (χ4v) is 2.74. The van der Waals surface area contributed by atoms with Gasteiger partial charge >= 0.3 is 0 Å². The summed E-state index contributed by atoms with van der Waals surface area (Å²) in [5, 5.41) is 3.02. The van der Waals surface area contributed by atoms with Crippen molar-refractivity contribution in [1.82, 2.24) is 9.97 Å². The monoisotopic (exact) mass is 275 g/mol. The molecule has 5 heteroatoms. The summed E-state index contributed by atoms with van der Waals surface area (Å²) in [6.07, 6.45) is 5.87. The van der Waals surface area contributed by atoms with E-state index in [1.165, 1.54) is 0 Å². The number of carbonyl (C=O) groups is 1. The molecule has 5 nitrogen and oxygen atoms in total. The van der Waals surface area contributed by atoms with Crippen LogP contribution in [0.4, 0.5) is 5.69 Å². The van der Waals surface area contributed by atoms with E-state index in [1.807, 2.05) is 13.8 Å². The molecule has 1 aliphatic heterocycles. The first kappa shape index (κ1) is 13.5. The third-order valence-corrected chi connectivity index (χ3v) is 4.10. The van der Waals surface area contributed by atoms with Crippen LogP contribution in [0.2, 0.25) is 0 Å². The van der Waals surface area contributed by atoms with Gasteiger partial charge in [0.1, 0.15) is 5.82 Å². The van der Waals surface area contributed by atoms with Crippen LogP contribution in [0.1, 0.15) is 50.0 Å². The fourth-order valence-electron chi connectivity index (χ4n) is 2.74. The molecule has 3 rings (SSSR count). The number of hydrogen-bond donors (Lipinski definition) is 1. The van der Waals surface area contributed by atoms with E-state index in [2.05, 4.69) is 15.3 Å². The van der Waals surface area contributed by atoms with Crippen LogP contribution in [0, 0.1) is 12.8 Å². The van der Waals surface area contributed by atoms with E-state index in [0.717, 1.165) is 49.5 Å². The quantitative estimate of drug-likeness (QED) is 0.920. The molecule has 1 N–H and O–H groups in total. The highest BCUT2D eigenvalue weighted by molar-refractivity contribution is 5.93. The van der Waals surface area contributed by atoms with Crippen molar-refractivity contribution in [3.05, 3.63) is 17.7 Å². The first-order valence-corrected chi connectivity index (χ1v) is 7.41. The maximum atomic E-state index is 12.4. The molecule has 0 bridgehead atoms. The molecule has 2 atom stereocenters. The minimum atomic E-state index is -0.0721. The number of ether oxygens (including phenoxy) is 1. The molecule has 2 aliphatic rings. The van der Waals surface area contributed by atoms with Crippen LogP contribution in [0.3, 0.4) is 0 Å². The topological polar surface area (TPSA) is 64.1 Å². The zero-order valence-electron chi connectivity index (χ0n) is 12.1. The van der Waals surface area contributed by atoms with Crippen LogP contribution in [0.25, 0.3) is 0 Å². The predicted molar refractivity (Wildman–Crippen MR) is 75.5 cm³/mol. The maximum absolute atomic E-state index is 12.4. The lowest BCUT2D eigenvalue weighted by Crippen LogP contribution is -2.36. The highest BCUT2D eigenvalue weighted by atomic mass is 16.5. The highest BCUT2D eigenvalue weighted by Gasteiger charge is 2.32. The summed E-state index contributed by atoms with van der Waals surface area (Å²) in [6, 6.07) is 0. The smallest absolute Gasteiger partial charge is 0.230 e. The Kier molecular flexibility index (Phi) is 3.70. The lowest BCUT2D eigenvalue weighted by Gasteiger charge is -2.28. The summed E-state index contributed by atoms with van der Waals surface area (Å²) in [5.41, 5.74) is 1.77. The second-order valence-electron chi connectivity index (χ2n) is 5.80. The predicted octanol–water partition coefficient (Wildman–Crippen LogP) is 2.42. The van der Waals surface area contributed by atoms with Crippen LogP contribution in [-0.4, -0.2) is 28.6 Å². The summed E-state index contributed by atoms with van der Waals surface area (Å²) in [5.74, 6) is 1.22. The highest BCUT2D eigenvalue weighted by Crippen LogP contribution is 2.42. The van der Waals surface area contributed by atoms with Crippen molar-refractivity contribution in [1.29, 1.82) is 0 Å². The van der Waals surface area contributed by atoms with Gasteiger partial charge in [-0.2, -0.15) is 0 Å². The van der Waals surface area contributed by atoms with E-state index in [0.29, 0.717) is 5.92 Å². The number of hydrogen-bond acceptors (Lipinski definition) is 4. The average Bonchev–Trinajstić information content (AvgIpc) is 3.25. The standard InChI is InChI=1S/C15H21N3O2/c1-9-12(4-3-7-20-9)15(19)18-13-8-16-10(2)17-14(13)11-5-6-11/h8-9,11-12H,3-7H2,1-2H3,(H,18,19). The number of aromatic nitrogens is 2. The molecule has 1 aliphatic carbocycles. The Morgan fingerprint density at radius 2 is 2.20 bits per heavy atom. The Hall–Kier alpha value is -1.49. The minimum absolute atomic E-state index is 0.0144. The summed E-state index contributed by atoms with van der Waals surface area (Å²) < 4.78 is 5.57. The van der Waals surface area contributed by atoms with Crippen LogP contribution >= 0.6 is 0 Å². The van der Waals surface area contributed by atoms with Crippen molar-refractivity contribution in [2.45, 2.75) is 51.6 Å². The second-order valence-corrected chi connectivity index (χ2v) is 5.80. The number of nitrogens with one attached hydrogen (secondary N) is 1. The lowest BCUT2D eigenvalue weighted by atomic mass is 9.94. The van der Waals surface area contributed by atoms with Crippen molar-refractivity contribution in [2.75, 3.05) is 11.9 Å². The van der Waals surface area contributed by atoms with Crippen LogP contribution in [0.15, 0.2) is 6.20 Å². The van der Waals surface area contributed by atoms with Gasteiger partial charge in [-0.05, 0) is 39.5 Å². The molecule has 2 unspecified atom stereocenters. The zero-order chi connectivity index (χ0) is 14.1. The van der Waals surface area contributed by atoms with E-state index in [9.17, 15) is 4.79 Å². The van der Waals surface area contributed by atoms with E-state index < -0.39 is 0 Å². The SMILES string of the molecule is Cc1ncc(NC(=O)C2CCCOC2C)c(C2CC2)n1. The van der Waals surface area contributed by atoms with Crippen molar-refractivity contribution < 1.29 is 9.53 Å². The summed E-state index contributed by atoms with van der Waals surface area (Å²) in [4.78, 5) is 21.1. The van der Waals surface area contributed by atoms with E-state index in [1.54, 1.807) is 6.20 Å². The fraction of sp³-hybridized carbons (Fsp3) is 0.667. The van der Waals surface area contributed by atoms with Gasteiger partial charge in [0.05, 0.1) is 29.6 Å². The van der Waals surface area contributed by atoms with Gasteiger partial charge < -0.3 is 10.1 Å². The Balaban J connectivity index is 1.75. The molecule has 1 amide bonds. The Labute approximate surface area is 119 Å². The van der Waals surface area contributed by atoms with E-state index in [4.69, 9.17) is 4.74 Å². The molecule has 1 saturated heterocycles. The third kappa shape index (κ3) is 2.82. The molecule has 1 saturated carbocycles. The molecule has 108 valence electrons. The van der Waals surface area contributed by atoms with Crippen molar-refractivity contribution in [2.24, 2.45) is 5.92 Å². The van der Waals surface area contributed by atoms with Gasteiger partial charge in [0, 0.05) is 12.5 Å². The van der Waals surface area contributed by atoms with Crippen LogP contribution < -0.4 is 5.32 Å². The maximum Gasteiger partial charge on any atom is 0.230 e. The van der Waals surface area contributed by atoms with Gasteiger partial charge in [-0.1, -0.05) is 0 Å². The van der Waals surface area contributed by atoms with E-state index in [-0.39, 0.29) is 17.9 Å². The minimum Gasteiger partial charge on any atom is -0.378 e. The van der Waals surface area contributed by atoms with Crippen molar-refractivity contribution in [3.8, 4) is 0 Å². The van der Waals surface area contributed by atoms with Gasteiger partial charge in [-0.3, -0.25) is 4.79 Å². The normalized spacial score (nSPS) is 26.3. The van der Waals surface area contributed by atoms with Gasteiger partial charge in [-0.15, -0.1) is 0 Å². The molecule has 1 aromatic heterocycles. The average molecular weight is 275 g/mol. The zero-order valence-corrected chi connectivity index (χ0v) is 12.1. The number of amides is 1. The Bertz CT molecular complexity index is 514. The molecule has 20 heavy (non-hydrogen) atoms. The summed E-state index contributed by atoms with van der Waals surface area (Å²) >= 11 is 0. The van der Waals surface area contributed by atoms with Gasteiger partial charge in [0.2, 0.25) is 5.91 Å². The third-order valence-electron chi connectivity index (χ3n) is 4.10. The molecule has 2 heterocycles. The molecule has 1 aromatic rings. The Morgan fingerprint density at radius 1 is 1.40 bits per heavy atom. The van der Waals surface area contributed by atoms with Crippen LogP contribution in [0.5, 0.6) is 0 Å².